The molecule has 0 unspecified atom stereocenters. The van der Waals surface area contributed by atoms with E-state index < -0.39 is 11.9 Å². The molecule has 0 saturated heterocycles. The van der Waals surface area contributed by atoms with Crippen LogP contribution in [0.1, 0.15) is 49.9 Å². The fourth-order valence-corrected chi connectivity index (χ4v) is 4.52. The highest BCUT2D eigenvalue weighted by Crippen LogP contribution is 2.38. The van der Waals surface area contributed by atoms with Gasteiger partial charge in [-0.2, -0.15) is 9.49 Å². The number of rotatable bonds is 7. The lowest BCUT2D eigenvalue weighted by Gasteiger charge is -2.16. The molecule has 0 atom stereocenters. The Morgan fingerprint density at radius 3 is 2.70 bits per heavy atom. The Morgan fingerprint density at radius 2 is 1.97 bits per heavy atom. The van der Waals surface area contributed by atoms with E-state index in [4.69, 9.17) is 0 Å². The summed E-state index contributed by atoms with van der Waals surface area (Å²) >= 11 is 0. The van der Waals surface area contributed by atoms with Crippen LogP contribution in [0, 0.1) is 11.4 Å². The molecular formula is C27H28FN7O2. The number of amides is 2. The molecule has 2 amide bonds. The molecule has 0 aliphatic heterocycles. The summed E-state index contributed by atoms with van der Waals surface area (Å²) in [7, 11) is 1.83. The Bertz CT molecular complexity index is 1530. The minimum Gasteiger partial charge on any atom is -0.339 e. The molecule has 190 valence electrons. The molecule has 0 aromatic carbocycles. The summed E-state index contributed by atoms with van der Waals surface area (Å²) < 4.78 is 16.1. The molecule has 4 heterocycles. The number of carbonyl (C=O) groups excluding carboxylic acids is 2. The first-order valence-electron chi connectivity index (χ1n) is 12.1. The maximum Gasteiger partial charge on any atom is 0.257 e. The summed E-state index contributed by atoms with van der Waals surface area (Å²) in [6, 6.07) is 4.90. The number of fused-ring (bicyclic) bond motifs is 1. The van der Waals surface area contributed by atoms with E-state index in [0.717, 1.165) is 29.5 Å². The molecule has 0 radical (unpaired) electrons. The van der Waals surface area contributed by atoms with Crippen molar-refractivity contribution >= 4 is 34.2 Å². The topological polar surface area (TPSA) is 118 Å². The van der Waals surface area contributed by atoms with Gasteiger partial charge in [0.2, 0.25) is 11.9 Å². The van der Waals surface area contributed by atoms with Crippen molar-refractivity contribution in [3.63, 3.8) is 0 Å². The van der Waals surface area contributed by atoms with Gasteiger partial charge in [0.25, 0.3) is 5.91 Å². The van der Waals surface area contributed by atoms with Crippen LogP contribution in [0.3, 0.4) is 0 Å². The number of allylic oxidation sites excluding steroid dienone is 2. The van der Waals surface area contributed by atoms with Gasteiger partial charge in [-0.1, -0.05) is 25.5 Å². The van der Waals surface area contributed by atoms with Crippen molar-refractivity contribution in [1.82, 2.24) is 24.7 Å². The van der Waals surface area contributed by atoms with Crippen molar-refractivity contribution in [2.45, 2.75) is 39.5 Å². The third-order valence-electron chi connectivity index (χ3n) is 6.44. The summed E-state index contributed by atoms with van der Waals surface area (Å²) in [5.74, 6) is -1.58. The maximum absolute atomic E-state index is 14.4. The van der Waals surface area contributed by atoms with E-state index in [0.29, 0.717) is 24.2 Å². The zero-order valence-electron chi connectivity index (χ0n) is 20.9. The Morgan fingerprint density at radius 1 is 1.14 bits per heavy atom. The number of pyridine rings is 2. The van der Waals surface area contributed by atoms with Crippen LogP contribution in [0.15, 0.2) is 54.6 Å². The first-order chi connectivity index (χ1) is 17.6. The standard InChI is InChI=1S/C27H28FN7O2/c1-27(2)7-6-16(11-27)4-5-23(36)32-20-10-22(24(28)29-14-20)34-26(37)18-8-17-9-21(33-25(17)30-12-18)19-13-31-35(3)15-19/h6,8-10,12-15H,4-5,7,11H2,1-3H3,(H,30,33)(H,32,36)(H,34,37). The molecule has 5 rings (SSSR count). The van der Waals surface area contributed by atoms with Crippen molar-refractivity contribution in [2.75, 3.05) is 10.6 Å². The molecule has 0 spiro atoms. The number of aromatic amines is 1. The molecule has 0 saturated carbocycles. The second-order valence-corrected chi connectivity index (χ2v) is 10.2. The fourth-order valence-electron chi connectivity index (χ4n) is 4.52. The van der Waals surface area contributed by atoms with Crippen LogP contribution in [-0.4, -0.2) is 36.5 Å². The Labute approximate surface area is 213 Å². The number of anilines is 2. The van der Waals surface area contributed by atoms with Crippen LogP contribution in [0.25, 0.3) is 22.3 Å². The molecule has 3 N–H and O–H groups in total. The van der Waals surface area contributed by atoms with E-state index in [2.05, 4.69) is 50.6 Å². The largest absolute Gasteiger partial charge is 0.339 e. The summed E-state index contributed by atoms with van der Waals surface area (Å²) in [4.78, 5) is 36.5. The Balaban J connectivity index is 1.24. The highest BCUT2D eigenvalue weighted by Gasteiger charge is 2.24. The summed E-state index contributed by atoms with van der Waals surface area (Å²) in [5.41, 5.74) is 4.29. The number of carbonyl (C=O) groups is 2. The van der Waals surface area contributed by atoms with Crippen LogP contribution in [0.5, 0.6) is 0 Å². The number of aryl methyl sites for hydroxylation is 1. The van der Waals surface area contributed by atoms with Gasteiger partial charge in [-0.05, 0) is 42.9 Å². The third-order valence-corrected chi connectivity index (χ3v) is 6.44. The van der Waals surface area contributed by atoms with Gasteiger partial charge in [0.15, 0.2) is 0 Å². The minimum atomic E-state index is -0.848. The maximum atomic E-state index is 14.4. The van der Waals surface area contributed by atoms with Crippen molar-refractivity contribution < 1.29 is 14.0 Å². The lowest BCUT2D eigenvalue weighted by atomic mass is 9.89. The number of hydrogen-bond acceptors (Lipinski definition) is 5. The van der Waals surface area contributed by atoms with Gasteiger partial charge in [0.05, 0.1) is 35.0 Å². The molecule has 0 bridgehead atoms. The van der Waals surface area contributed by atoms with Gasteiger partial charge in [-0.25, -0.2) is 9.97 Å². The van der Waals surface area contributed by atoms with Crippen LogP contribution in [0.4, 0.5) is 15.8 Å². The van der Waals surface area contributed by atoms with E-state index in [1.54, 1.807) is 16.9 Å². The zero-order chi connectivity index (χ0) is 26.2. The quantitative estimate of drug-likeness (QED) is 0.237. The molecule has 0 fully saturated rings. The molecule has 4 aromatic rings. The highest BCUT2D eigenvalue weighted by molar-refractivity contribution is 6.06. The molecule has 9 nitrogen and oxygen atoms in total. The lowest BCUT2D eigenvalue weighted by Crippen LogP contribution is -2.16. The molecule has 1 aliphatic rings. The number of H-pyrrole nitrogens is 1. The van der Waals surface area contributed by atoms with Gasteiger partial charge in [0.1, 0.15) is 5.65 Å². The zero-order valence-corrected chi connectivity index (χ0v) is 20.9. The number of nitrogens with one attached hydrogen (secondary N) is 3. The molecule has 37 heavy (non-hydrogen) atoms. The number of halogens is 1. The first-order valence-corrected chi connectivity index (χ1v) is 12.1. The minimum absolute atomic E-state index is 0.131. The second kappa shape index (κ2) is 9.61. The van der Waals surface area contributed by atoms with E-state index in [1.165, 1.54) is 24.0 Å². The second-order valence-electron chi connectivity index (χ2n) is 10.2. The normalized spacial score (nSPS) is 14.5. The SMILES string of the molecule is Cn1cc(-c2cc3cc(C(=O)Nc4cc(NC(=O)CCC5=CCC(C)(C)C5)cnc4F)cnc3[nH]2)cn1. The van der Waals surface area contributed by atoms with Gasteiger partial charge in [-0.15, -0.1) is 0 Å². The van der Waals surface area contributed by atoms with Crippen LogP contribution >= 0.6 is 0 Å². The fraction of sp³-hybridized carbons (Fsp3) is 0.296. The first kappa shape index (κ1) is 24.4. The van der Waals surface area contributed by atoms with E-state index in [-0.39, 0.29) is 22.6 Å². The molecule has 1 aliphatic carbocycles. The molecule has 4 aromatic heterocycles. The highest BCUT2D eigenvalue weighted by atomic mass is 19.1. The molecular weight excluding hydrogens is 473 g/mol. The number of aromatic nitrogens is 5. The third kappa shape index (κ3) is 5.58. The average molecular weight is 502 g/mol. The van der Waals surface area contributed by atoms with Crippen molar-refractivity contribution in [1.29, 1.82) is 0 Å². The number of hydrogen-bond donors (Lipinski definition) is 3. The van der Waals surface area contributed by atoms with Gasteiger partial charge >= 0.3 is 0 Å². The van der Waals surface area contributed by atoms with Crippen LogP contribution < -0.4 is 10.6 Å². The van der Waals surface area contributed by atoms with Crippen LogP contribution in [-0.2, 0) is 11.8 Å². The van der Waals surface area contributed by atoms with Gasteiger partial charge in [-0.3, -0.25) is 14.3 Å². The summed E-state index contributed by atoms with van der Waals surface area (Å²) in [5, 5.41) is 10.2. The Hall–Kier alpha value is -4.34. The van der Waals surface area contributed by atoms with Crippen LogP contribution in [0.2, 0.25) is 0 Å². The van der Waals surface area contributed by atoms with E-state index >= 15 is 0 Å². The summed E-state index contributed by atoms with van der Waals surface area (Å²) in [6.45, 7) is 4.42. The van der Waals surface area contributed by atoms with E-state index in [9.17, 15) is 14.0 Å². The monoisotopic (exact) mass is 501 g/mol. The van der Waals surface area contributed by atoms with Crippen molar-refractivity contribution in [2.24, 2.45) is 12.5 Å². The van der Waals surface area contributed by atoms with Gasteiger partial charge in [0, 0.05) is 36.8 Å². The lowest BCUT2D eigenvalue weighted by molar-refractivity contribution is -0.116. The average Bonchev–Trinajstić information content (AvgIpc) is 3.57. The molecule has 10 heteroatoms. The van der Waals surface area contributed by atoms with Crippen molar-refractivity contribution in [3.8, 4) is 11.3 Å². The predicted molar refractivity (Wildman–Crippen MR) is 139 cm³/mol. The number of nitrogens with zero attached hydrogens (tertiary/aromatic N) is 4. The Kier molecular flexibility index (Phi) is 6.32. The van der Waals surface area contributed by atoms with Crippen molar-refractivity contribution in [3.05, 3.63) is 66.1 Å². The van der Waals surface area contributed by atoms with Gasteiger partial charge < -0.3 is 15.6 Å². The van der Waals surface area contributed by atoms with E-state index in [1.807, 2.05) is 19.3 Å². The predicted octanol–water partition coefficient (Wildman–Crippen LogP) is 5.21. The smallest absolute Gasteiger partial charge is 0.257 e. The summed E-state index contributed by atoms with van der Waals surface area (Å²) in [6.07, 6.45) is 11.5.